The summed E-state index contributed by atoms with van der Waals surface area (Å²) in [6, 6.07) is 9.31. The molecule has 2 aliphatic heterocycles. The zero-order valence-electron chi connectivity index (χ0n) is 15.6. The van der Waals surface area contributed by atoms with E-state index < -0.39 is 0 Å². The third kappa shape index (κ3) is 2.39. The average molecular weight is 362 g/mol. The smallest absolute Gasteiger partial charge is 0.155 e. The van der Waals surface area contributed by atoms with E-state index in [1.807, 2.05) is 6.08 Å². The van der Waals surface area contributed by atoms with Crippen molar-refractivity contribution in [3.8, 4) is 0 Å². The van der Waals surface area contributed by atoms with E-state index in [0.717, 1.165) is 32.4 Å². The fraction of sp³-hybridized carbons (Fsp3) is 0.522. The Balaban J connectivity index is 1.43. The minimum Gasteiger partial charge on any atom is -0.374 e. The number of carbonyl (C=O) groups is 1. The predicted molar refractivity (Wildman–Crippen MR) is 105 cm³/mol. The largest absolute Gasteiger partial charge is 0.374 e. The number of rotatable bonds is 0. The van der Waals surface area contributed by atoms with E-state index in [-0.39, 0.29) is 6.10 Å². The summed E-state index contributed by atoms with van der Waals surface area (Å²) in [5.41, 5.74) is 4.05. The second-order valence-electron chi connectivity index (χ2n) is 8.74. The first-order chi connectivity index (χ1) is 13.3. The third-order valence-electron chi connectivity index (χ3n) is 7.38. The number of allylic oxidation sites excluding steroid dienone is 1. The number of aromatic nitrogens is 1. The highest BCUT2D eigenvalue weighted by molar-refractivity contribution is 5.90. The second-order valence-corrected chi connectivity index (χ2v) is 8.74. The van der Waals surface area contributed by atoms with Gasteiger partial charge in [-0.25, -0.2) is 0 Å². The number of hydrogen-bond acceptors (Lipinski definition) is 3. The van der Waals surface area contributed by atoms with Gasteiger partial charge in [-0.3, -0.25) is 9.69 Å². The molecule has 1 N–H and O–H groups in total. The number of benzene rings is 1. The molecule has 6 rings (SSSR count). The Morgan fingerprint density at radius 1 is 1.19 bits per heavy atom. The molecule has 2 aliphatic carbocycles. The fourth-order valence-corrected chi connectivity index (χ4v) is 6.22. The number of nitrogens with one attached hydrogen (secondary N) is 1. The van der Waals surface area contributed by atoms with Gasteiger partial charge in [0.15, 0.2) is 5.78 Å². The molecular weight excluding hydrogens is 336 g/mol. The number of hydrogen-bond donors (Lipinski definition) is 1. The number of para-hydroxylation sites is 1. The summed E-state index contributed by atoms with van der Waals surface area (Å²) in [6.45, 7) is 1.83. The van der Waals surface area contributed by atoms with Crippen LogP contribution in [0.1, 0.15) is 43.0 Å². The maximum atomic E-state index is 12.4. The Morgan fingerprint density at radius 3 is 3.07 bits per heavy atom. The van der Waals surface area contributed by atoms with Crippen LogP contribution in [0.15, 0.2) is 36.4 Å². The van der Waals surface area contributed by atoms with Crippen LogP contribution < -0.4 is 0 Å². The van der Waals surface area contributed by atoms with E-state index in [2.05, 4.69) is 40.2 Å². The van der Waals surface area contributed by atoms with Crippen LogP contribution in [0, 0.1) is 11.8 Å². The first-order valence-corrected chi connectivity index (χ1v) is 10.5. The van der Waals surface area contributed by atoms with Gasteiger partial charge in [-0.15, -0.1) is 0 Å². The van der Waals surface area contributed by atoms with Gasteiger partial charge in [0.2, 0.25) is 0 Å². The molecular formula is C23H26N2O2. The van der Waals surface area contributed by atoms with Crippen molar-refractivity contribution in [1.82, 2.24) is 9.88 Å². The van der Waals surface area contributed by atoms with Crippen molar-refractivity contribution in [2.75, 3.05) is 13.2 Å². The molecule has 1 aromatic heterocycles. The molecule has 0 radical (unpaired) electrons. The van der Waals surface area contributed by atoms with Crippen molar-refractivity contribution in [3.05, 3.63) is 47.7 Å². The first-order valence-electron chi connectivity index (χ1n) is 10.5. The lowest BCUT2D eigenvalue weighted by molar-refractivity contribution is -0.142. The van der Waals surface area contributed by atoms with Gasteiger partial charge in [0.1, 0.15) is 0 Å². The summed E-state index contributed by atoms with van der Waals surface area (Å²) < 4.78 is 6.56. The van der Waals surface area contributed by atoms with Gasteiger partial charge < -0.3 is 9.72 Å². The topological polar surface area (TPSA) is 45.3 Å². The molecule has 1 aromatic carbocycles. The fourth-order valence-electron chi connectivity index (χ4n) is 6.22. The summed E-state index contributed by atoms with van der Waals surface area (Å²) in [5, 5.41) is 1.36. The Morgan fingerprint density at radius 2 is 2.11 bits per heavy atom. The van der Waals surface area contributed by atoms with Crippen LogP contribution >= 0.6 is 0 Å². The maximum Gasteiger partial charge on any atom is 0.155 e. The maximum absolute atomic E-state index is 12.4. The molecule has 0 amide bonds. The molecule has 140 valence electrons. The molecule has 4 heteroatoms. The number of aromatic amines is 1. The summed E-state index contributed by atoms with van der Waals surface area (Å²) in [5.74, 6) is 1.11. The summed E-state index contributed by atoms with van der Waals surface area (Å²) in [4.78, 5) is 18.8. The van der Waals surface area contributed by atoms with Crippen LogP contribution in [0.4, 0.5) is 0 Å². The number of nitrogens with zero attached hydrogens (tertiary/aromatic N) is 1. The standard InChI is InChI=1S/C23H26N2O2/c26-16-9-8-14-4-3-5-15(12-16)22-23(14)27-13-20-21-18(10-11-25(20)22)17-6-1-2-7-19(17)24-21/h1-2,6-9,14-15,20,22-24H,3-5,10-13H2/b9-8-/t14-,15+,20-,22?,23?/m0/s1. The number of morpholine rings is 1. The van der Waals surface area contributed by atoms with Gasteiger partial charge in [0.05, 0.1) is 18.8 Å². The Hall–Kier alpha value is -1.91. The van der Waals surface area contributed by atoms with Crippen molar-refractivity contribution in [3.63, 3.8) is 0 Å². The van der Waals surface area contributed by atoms with Crippen molar-refractivity contribution in [2.45, 2.75) is 50.3 Å². The molecule has 2 unspecified atom stereocenters. The zero-order valence-corrected chi connectivity index (χ0v) is 15.6. The molecule has 0 spiro atoms. The average Bonchev–Trinajstić information content (AvgIpc) is 3.01. The van der Waals surface area contributed by atoms with Crippen molar-refractivity contribution >= 4 is 16.7 Å². The van der Waals surface area contributed by atoms with Gasteiger partial charge in [-0.2, -0.15) is 0 Å². The number of carbonyl (C=O) groups excluding carboxylic acids is 1. The van der Waals surface area contributed by atoms with Crippen LogP contribution in [0.5, 0.6) is 0 Å². The molecule has 4 aliphatic rings. The minimum atomic E-state index is 0.240. The monoisotopic (exact) mass is 362 g/mol. The van der Waals surface area contributed by atoms with Crippen LogP contribution in [0.2, 0.25) is 0 Å². The zero-order chi connectivity index (χ0) is 18.0. The first kappa shape index (κ1) is 16.1. The van der Waals surface area contributed by atoms with E-state index in [1.165, 1.54) is 28.6 Å². The van der Waals surface area contributed by atoms with Crippen molar-refractivity contribution in [2.24, 2.45) is 11.8 Å². The van der Waals surface area contributed by atoms with Gasteiger partial charge in [0.25, 0.3) is 0 Å². The molecule has 5 atom stereocenters. The number of ketones is 1. The van der Waals surface area contributed by atoms with Gasteiger partial charge in [-0.05, 0) is 42.9 Å². The quantitative estimate of drug-likeness (QED) is 0.776. The van der Waals surface area contributed by atoms with Gasteiger partial charge in [0, 0.05) is 41.5 Å². The minimum absolute atomic E-state index is 0.240. The highest BCUT2D eigenvalue weighted by Gasteiger charge is 2.49. The Bertz CT molecular complexity index is 930. The molecule has 1 saturated heterocycles. The molecule has 4 nitrogen and oxygen atoms in total. The van der Waals surface area contributed by atoms with Crippen LogP contribution in [0.25, 0.3) is 10.9 Å². The van der Waals surface area contributed by atoms with Crippen LogP contribution in [0.3, 0.4) is 0 Å². The molecule has 3 heterocycles. The van der Waals surface area contributed by atoms with E-state index in [9.17, 15) is 4.79 Å². The SMILES string of the molecule is O=C1/C=C\[C@@H]2CCC[C@H](C1)C1C2OC[C@H]2c3[nH]c4ccccc4c3CCN12. The lowest BCUT2D eigenvalue weighted by Gasteiger charge is -2.51. The second kappa shape index (κ2) is 6.05. The Labute approximate surface area is 159 Å². The van der Waals surface area contributed by atoms with E-state index in [0.29, 0.717) is 36.1 Å². The van der Waals surface area contributed by atoms with E-state index >= 15 is 0 Å². The number of fused-ring (bicyclic) bond motifs is 5. The number of H-pyrrole nitrogens is 1. The van der Waals surface area contributed by atoms with E-state index in [1.54, 1.807) is 0 Å². The highest BCUT2D eigenvalue weighted by atomic mass is 16.5. The molecule has 2 bridgehead atoms. The van der Waals surface area contributed by atoms with Crippen molar-refractivity contribution in [1.29, 1.82) is 0 Å². The lowest BCUT2D eigenvalue weighted by Crippen LogP contribution is -2.59. The molecule has 27 heavy (non-hydrogen) atoms. The molecule has 1 saturated carbocycles. The van der Waals surface area contributed by atoms with Crippen molar-refractivity contribution < 1.29 is 9.53 Å². The lowest BCUT2D eigenvalue weighted by atomic mass is 9.79. The number of ether oxygens (including phenoxy) is 1. The summed E-state index contributed by atoms with van der Waals surface area (Å²) in [7, 11) is 0. The van der Waals surface area contributed by atoms with Crippen LogP contribution in [-0.2, 0) is 16.0 Å². The third-order valence-corrected chi connectivity index (χ3v) is 7.38. The predicted octanol–water partition coefficient (Wildman–Crippen LogP) is 3.78. The van der Waals surface area contributed by atoms with Crippen LogP contribution in [-0.4, -0.2) is 41.0 Å². The Kier molecular flexibility index (Phi) is 3.60. The molecule has 2 fully saturated rings. The normalized spacial score (nSPS) is 37.0. The van der Waals surface area contributed by atoms with Gasteiger partial charge >= 0.3 is 0 Å². The van der Waals surface area contributed by atoms with Gasteiger partial charge in [-0.1, -0.05) is 30.7 Å². The summed E-state index contributed by atoms with van der Waals surface area (Å²) in [6.07, 6.45) is 9.50. The van der Waals surface area contributed by atoms with E-state index in [4.69, 9.17) is 4.74 Å². The summed E-state index contributed by atoms with van der Waals surface area (Å²) >= 11 is 0. The highest BCUT2D eigenvalue weighted by Crippen LogP contribution is 2.46. The molecule has 2 aromatic rings.